The van der Waals surface area contributed by atoms with Crippen molar-refractivity contribution >= 4 is 35.0 Å². The lowest BCUT2D eigenvalue weighted by atomic mass is 10.2. The summed E-state index contributed by atoms with van der Waals surface area (Å²) < 4.78 is 18.6. The van der Waals surface area contributed by atoms with Gasteiger partial charge in [0, 0.05) is 17.1 Å². The van der Waals surface area contributed by atoms with E-state index in [9.17, 15) is 9.18 Å². The number of halogens is 1. The molecule has 1 aliphatic rings. The van der Waals surface area contributed by atoms with Crippen LogP contribution < -0.4 is 5.32 Å². The summed E-state index contributed by atoms with van der Waals surface area (Å²) in [6.45, 7) is 1.75. The van der Waals surface area contributed by atoms with Crippen LogP contribution in [0.25, 0.3) is 5.69 Å². The van der Waals surface area contributed by atoms with Crippen LogP contribution in [0.15, 0.2) is 24.3 Å². The van der Waals surface area contributed by atoms with Gasteiger partial charge in [0.1, 0.15) is 16.5 Å². The van der Waals surface area contributed by atoms with Crippen molar-refractivity contribution in [3.8, 4) is 5.69 Å². The van der Waals surface area contributed by atoms with Crippen LogP contribution in [0.4, 0.5) is 10.2 Å². The maximum Gasteiger partial charge on any atom is 0.270 e. The van der Waals surface area contributed by atoms with Gasteiger partial charge in [0.2, 0.25) is 0 Å². The minimum Gasteiger partial charge on any atom is -0.305 e. The summed E-state index contributed by atoms with van der Waals surface area (Å²) in [5.74, 6) is 1.63. The molecule has 0 spiro atoms. The number of hydrogen-bond donors (Lipinski definition) is 1. The van der Waals surface area contributed by atoms with Crippen LogP contribution in [0, 0.1) is 12.7 Å². The molecule has 0 saturated carbocycles. The van der Waals surface area contributed by atoms with Crippen LogP contribution in [0.1, 0.15) is 26.6 Å². The van der Waals surface area contributed by atoms with Gasteiger partial charge in [-0.05, 0) is 42.7 Å². The first-order valence-corrected chi connectivity index (χ1v) is 9.11. The number of nitrogens with zero attached hydrogens (tertiary/aromatic N) is 4. The van der Waals surface area contributed by atoms with Crippen molar-refractivity contribution in [2.45, 2.75) is 18.4 Å². The summed E-state index contributed by atoms with van der Waals surface area (Å²) in [5.41, 5.74) is 3.24. The van der Waals surface area contributed by atoms with Crippen LogP contribution in [-0.2, 0) is 11.5 Å². The molecule has 6 nitrogen and oxygen atoms in total. The van der Waals surface area contributed by atoms with E-state index in [0.29, 0.717) is 22.1 Å². The first-order chi connectivity index (χ1) is 11.6. The lowest BCUT2D eigenvalue weighted by molar-refractivity contribution is 0.102. The van der Waals surface area contributed by atoms with Crippen LogP contribution >= 0.6 is 23.3 Å². The number of aromatic nitrogens is 4. The highest BCUT2D eigenvalue weighted by Gasteiger charge is 2.26. The predicted molar refractivity (Wildman–Crippen MR) is 91.1 cm³/mol. The Hall–Kier alpha value is -2.26. The topological polar surface area (TPSA) is 72.7 Å². The second-order valence-corrected chi connectivity index (χ2v) is 7.04. The van der Waals surface area contributed by atoms with Gasteiger partial charge in [0.05, 0.1) is 17.1 Å². The molecule has 1 N–H and O–H groups in total. The van der Waals surface area contributed by atoms with E-state index in [0.717, 1.165) is 34.3 Å². The number of anilines is 1. The molecule has 9 heteroatoms. The van der Waals surface area contributed by atoms with Crippen molar-refractivity contribution in [2.75, 3.05) is 5.32 Å². The highest BCUT2D eigenvalue weighted by atomic mass is 32.2. The SMILES string of the molecule is Cc1nnsc1C(=O)Nc1c2c(nn1-c1ccc(F)cc1)CSC2. The van der Waals surface area contributed by atoms with Crippen molar-refractivity contribution in [3.05, 3.63) is 51.9 Å². The Bertz CT molecular complexity index is 919. The number of carbonyl (C=O) groups is 1. The van der Waals surface area contributed by atoms with Crippen molar-refractivity contribution in [2.24, 2.45) is 0 Å². The van der Waals surface area contributed by atoms with Crippen molar-refractivity contribution in [1.82, 2.24) is 19.4 Å². The molecule has 0 fully saturated rings. The molecule has 0 unspecified atom stereocenters. The van der Waals surface area contributed by atoms with E-state index in [4.69, 9.17) is 0 Å². The Labute approximate surface area is 145 Å². The fourth-order valence-corrected chi connectivity index (χ4v) is 4.10. The highest BCUT2D eigenvalue weighted by Crippen LogP contribution is 2.36. The third-order valence-electron chi connectivity index (χ3n) is 3.71. The monoisotopic (exact) mass is 361 g/mol. The molecule has 3 aromatic rings. The molecule has 0 atom stereocenters. The smallest absolute Gasteiger partial charge is 0.270 e. The molecule has 1 aromatic carbocycles. The molecule has 0 bridgehead atoms. The Balaban J connectivity index is 1.75. The van der Waals surface area contributed by atoms with Crippen LogP contribution in [0.2, 0.25) is 0 Å². The molecule has 1 aliphatic heterocycles. The normalized spacial score (nSPS) is 13.1. The van der Waals surface area contributed by atoms with Gasteiger partial charge in [-0.3, -0.25) is 4.79 Å². The quantitative estimate of drug-likeness (QED) is 0.776. The zero-order valence-corrected chi connectivity index (χ0v) is 14.2. The van der Waals surface area contributed by atoms with E-state index in [1.807, 2.05) is 0 Å². The Kier molecular flexibility index (Phi) is 3.81. The van der Waals surface area contributed by atoms with Gasteiger partial charge in [-0.2, -0.15) is 16.9 Å². The minimum atomic E-state index is -0.314. The van der Waals surface area contributed by atoms with Crippen molar-refractivity contribution < 1.29 is 9.18 Å². The second kappa shape index (κ2) is 5.99. The van der Waals surface area contributed by atoms with Gasteiger partial charge in [0.25, 0.3) is 5.91 Å². The zero-order valence-electron chi connectivity index (χ0n) is 12.6. The molecule has 3 heterocycles. The van der Waals surface area contributed by atoms with Crippen LogP contribution in [-0.4, -0.2) is 25.3 Å². The van der Waals surface area contributed by atoms with E-state index < -0.39 is 0 Å². The number of fused-ring (bicyclic) bond motifs is 1. The largest absolute Gasteiger partial charge is 0.305 e. The second-order valence-electron chi connectivity index (χ2n) is 5.30. The molecule has 2 aromatic heterocycles. The third kappa shape index (κ3) is 2.59. The lowest BCUT2D eigenvalue weighted by Gasteiger charge is -2.10. The van der Waals surface area contributed by atoms with Gasteiger partial charge in [-0.1, -0.05) is 4.49 Å². The van der Waals surface area contributed by atoms with Crippen LogP contribution in [0.5, 0.6) is 0 Å². The van der Waals surface area contributed by atoms with Crippen molar-refractivity contribution in [3.63, 3.8) is 0 Å². The average Bonchev–Trinajstić information content (AvgIpc) is 3.26. The van der Waals surface area contributed by atoms with Crippen LogP contribution in [0.3, 0.4) is 0 Å². The molecule has 122 valence electrons. The van der Waals surface area contributed by atoms with E-state index in [2.05, 4.69) is 20.0 Å². The first kappa shape index (κ1) is 15.3. The number of thioether (sulfide) groups is 1. The van der Waals surface area contributed by atoms with E-state index in [1.54, 1.807) is 35.5 Å². The zero-order chi connectivity index (χ0) is 16.7. The Morgan fingerprint density at radius 2 is 2.08 bits per heavy atom. The number of benzene rings is 1. The molecule has 0 aliphatic carbocycles. The maximum atomic E-state index is 13.2. The summed E-state index contributed by atoms with van der Waals surface area (Å²) in [5, 5.41) is 11.4. The standard InChI is InChI=1S/C15H12FN5OS2/c1-8-13(24-20-18-8)15(22)17-14-11-6-23-7-12(11)19-21(14)10-4-2-9(16)3-5-10/h2-5H,6-7H2,1H3,(H,17,22). The Morgan fingerprint density at radius 3 is 2.79 bits per heavy atom. The maximum absolute atomic E-state index is 13.2. The number of aryl methyl sites for hydroxylation is 1. The summed E-state index contributed by atoms with van der Waals surface area (Å²) in [4.78, 5) is 13.0. The fraction of sp³-hybridized carbons (Fsp3) is 0.200. The number of nitrogens with one attached hydrogen (secondary N) is 1. The van der Waals surface area contributed by atoms with Crippen molar-refractivity contribution in [1.29, 1.82) is 0 Å². The number of hydrogen-bond acceptors (Lipinski definition) is 6. The van der Waals surface area contributed by atoms with Gasteiger partial charge in [0.15, 0.2) is 0 Å². The molecular formula is C15H12FN5OS2. The van der Waals surface area contributed by atoms with Gasteiger partial charge >= 0.3 is 0 Å². The summed E-state index contributed by atoms with van der Waals surface area (Å²) >= 11 is 2.81. The summed E-state index contributed by atoms with van der Waals surface area (Å²) in [6, 6.07) is 6.03. The van der Waals surface area contributed by atoms with Gasteiger partial charge in [-0.15, -0.1) is 5.10 Å². The molecule has 4 rings (SSSR count). The minimum absolute atomic E-state index is 0.259. The number of amides is 1. The van der Waals surface area contributed by atoms with E-state index in [-0.39, 0.29) is 11.7 Å². The fourth-order valence-electron chi connectivity index (χ4n) is 2.51. The molecular weight excluding hydrogens is 349 g/mol. The predicted octanol–water partition coefficient (Wildman–Crippen LogP) is 3.17. The Morgan fingerprint density at radius 1 is 1.29 bits per heavy atom. The average molecular weight is 361 g/mol. The molecule has 0 saturated heterocycles. The first-order valence-electron chi connectivity index (χ1n) is 7.18. The highest BCUT2D eigenvalue weighted by molar-refractivity contribution is 7.98. The lowest BCUT2D eigenvalue weighted by Crippen LogP contribution is -2.16. The summed E-state index contributed by atoms with van der Waals surface area (Å²) in [7, 11) is 0. The number of rotatable bonds is 3. The van der Waals surface area contributed by atoms with Gasteiger partial charge < -0.3 is 5.32 Å². The van der Waals surface area contributed by atoms with E-state index in [1.165, 1.54) is 12.1 Å². The molecule has 1 amide bonds. The number of carbonyl (C=O) groups excluding carboxylic acids is 1. The molecule has 0 radical (unpaired) electrons. The van der Waals surface area contributed by atoms with Gasteiger partial charge in [-0.25, -0.2) is 9.07 Å². The summed E-state index contributed by atoms with van der Waals surface area (Å²) in [6.07, 6.45) is 0. The van der Waals surface area contributed by atoms with E-state index >= 15 is 0 Å². The molecule has 24 heavy (non-hydrogen) atoms. The third-order valence-corrected chi connectivity index (χ3v) is 5.51.